The van der Waals surface area contributed by atoms with Crippen LogP contribution in [0, 0.1) is 5.92 Å². The van der Waals surface area contributed by atoms with Gasteiger partial charge >= 0.3 is 0 Å². The molecule has 4 rings (SSSR count). The Kier molecular flexibility index (Phi) is 7.44. The van der Waals surface area contributed by atoms with Gasteiger partial charge in [0.2, 0.25) is 5.88 Å². The number of aliphatic hydroxyl groups excluding tert-OH is 1. The van der Waals surface area contributed by atoms with E-state index < -0.39 is 0 Å². The summed E-state index contributed by atoms with van der Waals surface area (Å²) >= 11 is 0. The van der Waals surface area contributed by atoms with E-state index in [0.29, 0.717) is 24.5 Å². The maximum atomic E-state index is 13.5. The molecule has 0 unspecified atom stereocenters. The van der Waals surface area contributed by atoms with Crippen molar-refractivity contribution < 1.29 is 14.6 Å². The van der Waals surface area contributed by atoms with E-state index in [4.69, 9.17) is 4.74 Å². The zero-order chi connectivity index (χ0) is 24.1. The molecule has 1 aliphatic heterocycles. The summed E-state index contributed by atoms with van der Waals surface area (Å²) in [6.07, 6.45) is 9.86. The normalized spacial score (nSPS) is 19.2. The summed E-state index contributed by atoms with van der Waals surface area (Å²) in [5.74, 6) is 0.114. The second-order valence-electron chi connectivity index (χ2n) is 8.88. The predicted octanol–water partition coefficient (Wildman–Crippen LogP) is 2.29. The van der Waals surface area contributed by atoms with Crippen LogP contribution in [-0.4, -0.2) is 79.6 Å². The molecular formula is C25H30N6O3. The van der Waals surface area contributed by atoms with Crippen molar-refractivity contribution in [3.63, 3.8) is 0 Å². The lowest BCUT2D eigenvalue weighted by Gasteiger charge is -2.37. The Hall–Kier alpha value is -3.43. The maximum Gasteiger partial charge on any atom is 0.259 e. The van der Waals surface area contributed by atoms with Crippen LogP contribution in [0.4, 0.5) is 0 Å². The van der Waals surface area contributed by atoms with Crippen molar-refractivity contribution in [2.45, 2.75) is 32.5 Å². The summed E-state index contributed by atoms with van der Waals surface area (Å²) in [4.78, 5) is 34.2. The fraction of sp³-hybridized carbons (Fsp3) is 0.400. The van der Waals surface area contributed by atoms with Crippen LogP contribution in [0.15, 0.2) is 55.5 Å². The lowest BCUT2D eigenvalue weighted by atomic mass is 9.99. The van der Waals surface area contributed by atoms with Crippen LogP contribution in [0.1, 0.15) is 29.8 Å². The number of nitrogens with zero attached hydrogens (tertiary/aromatic N) is 6. The molecule has 1 amide bonds. The summed E-state index contributed by atoms with van der Waals surface area (Å²) in [6.45, 7) is 5.65. The molecule has 4 heterocycles. The number of ether oxygens (including phenoxy) is 1. The largest absolute Gasteiger partial charge is 0.472 e. The summed E-state index contributed by atoms with van der Waals surface area (Å²) in [7, 11) is 2.04. The molecule has 3 atom stereocenters. The van der Waals surface area contributed by atoms with Gasteiger partial charge in [0.05, 0.1) is 12.6 Å². The Morgan fingerprint density at radius 1 is 1.18 bits per heavy atom. The van der Waals surface area contributed by atoms with Crippen LogP contribution < -0.4 is 4.74 Å². The summed E-state index contributed by atoms with van der Waals surface area (Å²) in [6, 6.07) is 5.43. The first-order valence-electron chi connectivity index (χ1n) is 11.4. The third-order valence-corrected chi connectivity index (χ3v) is 6.11. The fourth-order valence-electron chi connectivity index (χ4n) is 4.10. The van der Waals surface area contributed by atoms with Crippen LogP contribution >= 0.6 is 0 Å². The number of rotatable bonds is 7. The van der Waals surface area contributed by atoms with Gasteiger partial charge < -0.3 is 14.7 Å². The zero-order valence-corrected chi connectivity index (χ0v) is 19.7. The quantitative estimate of drug-likeness (QED) is 0.570. The van der Waals surface area contributed by atoms with Crippen molar-refractivity contribution in [2.75, 3.05) is 26.7 Å². The molecule has 0 saturated carbocycles. The van der Waals surface area contributed by atoms with Gasteiger partial charge in [-0.3, -0.25) is 14.7 Å². The van der Waals surface area contributed by atoms with Crippen molar-refractivity contribution in [1.82, 2.24) is 29.7 Å². The van der Waals surface area contributed by atoms with Gasteiger partial charge in [0, 0.05) is 67.7 Å². The van der Waals surface area contributed by atoms with E-state index in [2.05, 4.69) is 31.8 Å². The van der Waals surface area contributed by atoms with Gasteiger partial charge in [-0.15, -0.1) is 0 Å². The van der Waals surface area contributed by atoms with Crippen molar-refractivity contribution in [3.05, 3.63) is 66.6 Å². The molecule has 0 saturated heterocycles. The number of aromatic nitrogens is 4. The average molecular weight is 463 g/mol. The first kappa shape index (κ1) is 23.7. The number of carbonyl (C=O) groups is 1. The lowest BCUT2D eigenvalue weighted by Crippen LogP contribution is -2.49. The molecular weight excluding hydrogens is 432 g/mol. The Labute approximate surface area is 199 Å². The van der Waals surface area contributed by atoms with Crippen LogP contribution in [0.3, 0.4) is 0 Å². The number of hydrogen-bond acceptors (Lipinski definition) is 8. The minimum absolute atomic E-state index is 0.0231. The fourth-order valence-corrected chi connectivity index (χ4v) is 4.10. The van der Waals surface area contributed by atoms with E-state index in [-0.39, 0.29) is 30.6 Å². The Morgan fingerprint density at radius 3 is 2.62 bits per heavy atom. The number of carbonyl (C=O) groups excluding carboxylic acids is 1. The smallest absolute Gasteiger partial charge is 0.259 e. The predicted molar refractivity (Wildman–Crippen MR) is 127 cm³/mol. The first-order chi connectivity index (χ1) is 16.5. The number of pyridine rings is 2. The van der Waals surface area contributed by atoms with E-state index in [0.717, 1.165) is 23.2 Å². The number of fused-ring (bicyclic) bond motifs is 1. The van der Waals surface area contributed by atoms with E-state index in [1.54, 1.807) is 42.0 Å². The topological polar surface area (TPSA) is 105 Å². The summed E-state index contributed by atoms with van der Waals surface area (Å²) < 4.78 is 6.37. The molecule has 0 aromatic carbocycles. The molecule has 0 aliphatic carbocycles. The number of amides is 1. The first-order valence-corrected chi connectivity index (χ1v) is 11.4. The molecule has 9 heteroatoms. The monoisotopic (exact) mass is 462 g/mol. The second kappa shape index (κ2) is 10.7. The molecule has 3 aromatic rings. The van der Waals surface area contributed by atoms with Crippen LogP contribution in [0.5, 0.6) is 5.88 Å². The van der Waals surface area contributed by atoms with Crippen LogP contribution in [0.2, 0.25) is 0 Å². The average Bonchev–Trinajstić information content (AvgIpc) is 2.86. The molecule has 9 nitrogen and oxygen atoms in total. The highest BCUT2D eigenvalue weighted by Crippen LogP contribution is 2.30. The highest BCUT2D eigenvalue weighted by molar-refractivity contribution is 5.98. The van der Waals surface area contributed by atoms with Gasteiger partial charge in [0.25, 0.3) is 5.91 Å². The van der Waals surface area contributed by atoms with E-state index in [1.807, 2.05) is 26.1 Å². The van der Waals surface area contributed by atoms with Gasteiger partial charge in [-0.05, 0) is 37.7 Å². The highest BCUT2D eigenvalue weighted by Gasteiger charge is 2.34. The van der Waals surface area contributed by atoms with Crippen molar-refractivity contribution in [1.29, 1.82) is 0 Å². The van der Waals surface area contributed by atoms with E-state index >= 15 is 0 Å². The Balaban J connectivity index is 1.65. The zero-order valence-electron chi connectivity index (χ0n) is 19.7. The van der Waals surface area contributed by atoms with Gasteiger partial charge in [0.15, 0.2) is 0 Å². The second-order valence-corrected chi connectivity index (χ2v) is 8.88. The summed E-state index contributed by atoms with van der Waals surface area (Å²) in [5.41, 5.74) is 3.02. The Bertz CT molecular complexity index is 1100. The number of likely N-dealkylation sites (N-methyl/N-ethyl adjacent to an activating group) is 1. The third kappa shape index (κ3) is 5.37. The lowest BCUT2D eigenvalue weighted by molar-refractivity contribution is 0.0325. The molecule has 34 heavy (non-hydrogen) atoms. The number of aliphatic hydroxyl groups is 1. The van der Waals surface area contributed by atoms with Crippen molar-refractivity contribution in [2.24, 2.45) is 5.92 Å². The molecule has 178 valence electrons. The van der Waals surface area contributed by atoms with Crippen molar-refractivity contribution >= 4 is 5.91 Å². The highest BCUT2D eigenvalue weighted by atomic mass is 16.5. The van der Waals surface area contributed by atoms with Crippen LogP contribution in [-0.2, 0) is 6.54 Å². The molecule has 3 aromatic heterocycles. The minimum atomic E-state index is -0.334. The minimum Gasteiger partial charge on any atom is -0.472 e. The molecule has 0 spiro atoms. The number of hydrogen-bond donors (Lipinski definition) is 1. The standard InChI is InChI=1S/C25H30N6O3/c1-17-12-31(18(2)15-32)25(33)22-8-20(21-9-27-16-28-10-21)11-29-24(22)34-23(17)14-30(3)13-19-4-6-26-7-5-19/h4-11,16-18,23,32H,12-15H2,1-3H3/t17-,18+,23+/m1/s1. The molecule has 0 bridgehead atoms. The van der Waals surface area contributed by atoms with Crippen molar-refractivity contribution in [3.8, 4) is 17.0 Å². The van der Waals surface area contributed by atoms with E-state index in [9.17, 15) is 9.90 Å². The van der Waals surface area contributed by atoms with Gasteiger partial charge in [-0.2, -0.15) is 0 Å². The van der Waals surface area contributed by atoms with E-state index in [1.165, 1.54) is 6.33 Å². The third-order valence-electron chi connectivity index (χ3n) is 6.11. The molecule has 0 radical (unpaired) electrons. The van der Waals surface area contributed by atoms with Gasteiger partial charge in [0.1, 0.15) is 18.0 Å². The van der Waals surface area contributed by atoms with Gasteiger partial charge in [-0.25, -0.2) is 15.0 Å². The van der Waals surface area contributed by atoms with Gasteiger partial charge in [-0.1, -0.05) is 6.92 Å². The maximum absolute atomic E-state index is 13.5. The van der Waals surface area contributed by atoms with Crippen LogP contribution in [0.25, 0.3) is 11.1 Å². The molecule has 1 aliphatic rings. The molecule has 0 fully saturated rings. The summed E-state index contributed by atoms with van der Waals surface area (Å²) in [5, 5.41) is 9.84. The SMILES string of the molecule is C[C@@H]1CN([C@@H](C)CO)C(=O)c2cc(-c3cncnc3)cnc2O[C@H]1CN(C)Cc1ccncc1. The molecule has 1 N–H and O–H groups in total. The Morgan fingerprint density at radius 2 is 1.91 bits per heavy atom.